The van der Waals surface area contributed by atoms with Gasteiger partial charge in [-0.05, 0) is 12.8 Å². The number of primary amides is 1. The number of carbonyl (C=O) groups is 2. The number of nitrogens with two attached hydrogens (primary N) is 1. The van der Waals surface area contributed by atoms with Crippen molar-refractivity contribution >= 4 is 12.0 Å². The van der Waals surface area contributed by atoms with Crippen LogP contribution in [0.1, 0.15) is 12.8 Å². The van der Waals surface area contributed by atoms with E-state index in [0.29, 0.717) is 13.1 Å². The Labute approximate surface area is 82.1 Å². The molecule has 14 heavy (non-hydrogen) atoms. The first-order valence-corrected chi connectivity index (χ1v) is 4.59. The number of carbonyl (C=O) groups excluding carboxylic acids is 1. The Balaban J connectivity index is 2.32. The first kappa shape index (κ1) is 10.8. The SMILES string of the molecule is NC(=O)N1CCCC(NCC(=O)O)C1. The molecule has 1 heterocycles. The molecule has 1 atom stereocenters. The summed E-state index contributed by atoms with van der Waals surface area (Å²) in [6, 6.07) is -0.390. The van der Waals surface area contributed by atoms with Gasteiger partial charge in [0.2, 0.25) is 0 Å². The number of piperidine rings is 1. The Morgan fingerprint density at radius 3 is 2.86 bits per heavy atom. The van der Waals surface area contributed by atoms with Crippen LogP contribution in [0, 0.1) is 0 Å². The highest BCUT2D eigenvalue weighted by Crippen LogP contribution is 2.09. The highest BCUT2D eigenvalue weighted by atomic mass is 16.4. The molecular formula is C8H15N3O3. The number of aliphatic carboxylic acids is 1. The molecule has 1 rings (SSSR count). The number of carboxylic acids is 1. The maximum Gasteiger partial charge on any atom is 0.317 e. The summed E-state index contributed by atoms with van der Waals surface area (Å²) >= 11 is 0. The molecule has 0 bridgehead atoms. The molecule has 1 fully saturated rings. The van der Waals surface area contributed by atoms with Crippen molar-refractivity contribution in [2.45, 2.75) is 18.9 Å². The summed E-state index contributed by atoms with van der Waals surface area (Å²) in [6.07, 6.45) is 1.75. The molecule has 0 aliphatic carbocycles. The maximum absolute atomic E-state index is 10.8. The van der Waals surface area contributed by atoms with Gasteiger partial charge < -0.3 is 21.1 Å². The van der Waals surface area contributed by atoms with Crippen molar-refractivity contribution in [1.82, 2.24) is 10.2 Å². The normalized spacial score (nSPS) is 22.0. The first-order valence-electron chi connectivity index (χ1n) is 4.59. The van der Waals surface area contributed by atoms with Crippen LogP contribution < -0.4 is 11.1 Å². The molecule has 1 unspecified atom stereocenters. The topological polar surface area (TPSA) is 95.7 Å². The van der Waals surface area contributed by atoms with E-state index in [1.807, 2.05) is 0 Å². The Hall–Kier alpha value is -1.30. The summed E-state index contributed by atoms with van der Waals surface area (Å²) in [4.78, 5) is 22.7. The monoisotopic (exact) mass is 201 g/mol. The summed E-state index contributed by atoms with van der Waals surface area (Å²) in [7, 11) is 0. The van der Waals surface area contributed by atoms with E-state index < -0.39 is 12.0 Å². The van der Waals surface area contributed by atoms with Gasteiger partial charge in [0.1, 0.15) is 0 Å². The second-order valence-electron chi connectivity index (χ2n) is 3.40. The van der Waals surface area contributed by atoms with E-state index in [-0.39, 0.29) is 12.6 Å². The van der Waals surface area contributed by atoms with E-state index in [9.17, 15) is 9.59 Å². The number of rotatable bonds is 3. The quantitative estimate of drug-likeness (QED) is 0.557. The molecule has 1 saturated heterocycles. The molecule has 4 N–H and O–H groups in total. The van der Waals surface area contributed by atoms with E-state index in [1.54, 1.807) is 0 Å². The van der Waals surface area contributed by atoms with Crippen molar-refractivity contribution in [3.63, 3.8) is 0 Å². The van der Waals surface area contributed by atoms with Crippen molar-refractivity contribution < 1.29 is 14.7 Å². The Morgan fingerprint density at radius 1 is 1.57 bits per heavy atom. The lowest BCUT2D eigenvalue weighted by molar-refractivity contribution is -0.136. The molecule has 0 spiro atoms. The zero-order chi connectivity index (χ0) is 10.6. The molecule has 0 radical (unpaired) electrons. The standard InChI is InChI=1S/C8H15N3O3/c9-8(14)11-3-1-2-6(5-11)10-4-7(12)13/h6,10H,1-5H2,(H2,9,14)(H,12,13). The van der Waals surface area contributed by atoms with Crippen LogP contribution in [-0.4, -0.2) is 47.7 Å². The molecule has 6 nitrogen and oxygen atoms in total. The zero-order valence-corrected chi connectivity index (χ0v) is 7.90. The fraction of sp³-hybridized carbons (Fsp3) is 0.750. The van der Waals surface area contributed by atoms with Gasteiger partial charge in [0.05, 0.1) is 6.54 Å². The molecule has 1 aliphatic heterocycles. The van der Waals surface area contributed by atoms with Gasteiger partial charge in [0, 0.05) is 19.1 Å². The molecule has 0 aromatic rings. The summed E-state index contributed by atoms with van der Waals surface area (Å²) < 4.78 is 0. The van der Waals surface area contributed by atoms with Crippen LogP contribution in [0.4, 0.5) is 4.79 Å². The number of urea groups is 1. The molecule has 1 aliphatic rings. The smallest absolute Gasteiger partial charge is 0.317 e. The van der Waals surface area contributed by atoms with E-state index in [4.69, 9.17) is 10.8 Å². The third-order valence-corrected chi connectivity index (χ3v) is 2.28. The van der Waals surface area contributed by atoms with Crippen molar-refractivity contribution in [1.29, 1.82) is 0 Å². The summed E-state index contributed by atoms with van der Waals surface area (Å²) in [5.74, 6) is -0.888. The maximum atomic E-state index is 10.8. The van der Waals surface area contributed by atoms with Crippen LogP contribution in [0.15, 0.2) is 0 Å². The lowest BCUT2D eigenvalue weighted by Crippen LogP contribution is -2.50. The third kappa shape index (κ3) is 3.21. The van der Waals surface area contributed by atoms with E-state index in [1.165, 1.54) is 4.90 Å². The van der Waals surface area contributed by atoms with E-state index in [2.05, 4.69) is 5.32 Å². The van der Waals surface area contributed by atoms with Crippen molar-refractivity contribution in [3.8, 4) is 0 Å². The Morgan fingerprint density at radius 2 is 2.29 bits per heavy atom. The number of nitrogens with one attached hydrogen (secondary N) is 1. The number of nitrogens with zero attached hydrogens (tertiary/aromatic N) is 1. The van der Waals surface area contributed by atoms with Gasteiger partial charge in [-0.25, -0.2) is 4.79 Å². The number of carboxylic acid groups (broad SMARTS) is 1. The van der Waals surface area contributed by atoms with Crippen molar-refractivity contribution in [3.05, 3.63) is 0 Å². The minimum absolute atomic E-state index is 0.0485. The minimum Gasteiger partial charge on any atom is -0.480 e. The first-order chi connectivity index (χ1) is 6.59. The van der Waals surface area contributed by atoms with Gasteiger partial charge in [-0.15, -0.1) is 0 Å². The Bertz CT molecular complexity index is 232. The highest BCUT2D eigenvalue weighted by molar-refractivity contribution is 5.72. The highest BCUT2D eigenvalue weighted by Gasteiger charge is 2.21. The lowest BCUT2D eigenvalue weighted by Gasteiger charge is -2.31. The van der Waals surface area contributed by atoms with Crippen LogP contribution >= 0.6 is 0 Å². The van der Waals surface area contributed by atoms with Crippen LogP contribution in [0.2, 0.25) is 0 Å². The third-order valence-electron chi connectivity index (χ3n) is 2.28. The predicted molar refractivity (Wildman–Crippen MR) is 49.8 cm³/mol. The van der Waals surface area contributed by atoms with Crippen LogP contribution in [0.3, 0.4) is 0 Å². The van der Waals surface area contributed by atoms with E-state index >= 15 is 0 Å². The number of hydrogen-bond acceptors (Lipinski definition) is 3. The summed E-state index contributed by atoms with van der Waals surface area (Å²) in [5, 5.41) is 11.3. The minimum atomic E-state index is -0.888. The van der Waals surface area contributed by atoms with Gasteiger partial charge in [-0.3, -0.25) is 4.79 Å². The summed E-state index contributed by atoms with van der Waals surface area (Å²) in [5.41, 5.74) is 5.13. The largest absolute Gasteiger partial charge is 0.480 e. The van der Waals surface area contributed by atoms with Crippen molar-refractivity contribution in [2.24, 2.45) is 5.73 Å². The Kier molecular flexibility index (Phi) is 3.70. The average Bonchev–Trinajstić information content (AvgIpc) is 2.15. The van der Waals surface area contributed by atoms with Gasteiger partial charge in [-0.1, -0.05) is 0 Å². The number of hydrogen-bond donors (Lipinski definition) is 3. The van der Waals surface area contributed by atoms with Crippen molar-refractivity contribution in [2.75, 3.05) is 19.6 Å². The molecular weight excluding hydrogens is 186 g/mol. The second kappa shape index (κ2) is 4.80. The molecule has 6 heteroatoms. The predicted octanol–water partition coefficient (Wildman–Crippen LogP) is -0.796. The van der Waals surface area contributed by atoms with Crippen LogP contribution in [0.25, 0.3) is 0 Å². The zero-order valence-electron chi connectivity index (χ0n) is 7.90. The van der Waals surface area contributed by atoms with Gasteiger partial charge >= 0.3 is 12.0 Å². The van der Waals surface area contributed by atoms with Crippen LogP contribution in [-0.2, 0) is 4.79 Å². The fourth-order valence-electron chi connectivity index (χ4n) is 1.58. The van der Waals surface area contributed by atoms with Crippen LogP contribution in [0.5, 0.6) is 0 Å². The van der Waals surface area contributed by atoms with Gasteiger partial charge in [-0.2, -0.15) is 0 Å². The summed E-state index contributed by atoms with van der Waals surface area (Å²) in [6.45, 7) is 1.10. The molecule has 0 saturated carbocycles. The number of likely N-dealkylation sites (tertiary alicyclic amines) is 1. The van der Waals surface area contributed by atoms with Gasteiger partial charge in [0.15, 0.2) is 0 Å². The van der Waals surface area contributed by atoms with Gasteiger partial charge in [0.25, 0.3) is 0 Å². The molecule has 0 aromatic carbocycles. The fourth-order valence-corrected chi connectivity index (χ4v) is 1.58. The average molecular weight is 201 g/mol. The molecule has 80 valence electrons. The van der Waals surface area contributed by atoms with E-state index in [0.717, 1.165) is 12.8 Å². The molecule has 2 amide bonds. The lowest BCUT2D eigenvalue weighted by atomic mass is 10.1. The second-order valence-corrected chi connectivity index (χ2v) is 3.40. The molecule has 0 aromatic heterocycles. The number of amides is 2.